The molecule has 0 radical (unpaired) electrons. The van der Waals surface area contributed by atoms with Gasteiger partial charge >= 0.3 is 0 Å². The Kier molecular flexibility index (Phi) is 8.39. The first-order valence-corrected chi connectivity index (χ1v) is 10.8. The summed E-state index contributed by atoms with van der Waals surface area (Å²) in [6.07, 6.45) is 4.89. The normalized spacial score (nSPS) is 21.8. The summed E-state index contributed by atoms with van der Waals surface area (Å²) in [5.74, 6) is 1.42. The number of nitrogens with one attached hydrogen (secondary N) is 1. The molecule has 2 heterocycles. The highest BCUT2D eigenvalue weighted by atomic mass is 127. The number of ether oxygens (including phenoxy) is 1. The number of nitrogens with zero attached hydrogens (tertiary/aromatic N) is 2. The molecule has 3 N–H and O–H groups in total. The minimum atomic E-state index is 0. The molecule has 2 unspecified atom stereocenters. The van der Waals surface area contributed by atoms with Crippen LogP contribution in [0.25, 0.3) is 0 Å². The topological polar surface area (TPSA) is 62.9 Å². The molecule has 2 aromatic carbocycles. The Balaban J connectivity index is 0.00000256. The minimum Gasteiger partial charge on any atom is -0.493 e. The summed E-state index contributed by atoms with van der Waals surface area (Å²) in [5, 5.41) is 3.36. The van der Waals surface area contributed by atoms with Gasteiger partial charge in [0, 0.05) is 24.6 Å². The Morgan fingerprint density at radius 1 is 1.10 bits per heavy atom. The van der Waals surface area contributed by atoms with E-state index in [9.17, 15) is 0 Å². The molecule has 0 amide bonds. The van der Waals surface area contributed by atoms with Gasteiger partial charge in [-0.05, 0) is 43.5 Å². The summed E-state index contributed by atoms with van der Waals surface area (Å²) in [4.78, 5) is 7.14. The van der Waals surface area contributed by atoms with Crippen LogP contribution in [-0.2, 0) is 13.1 Å². The number of piperidine rings is 1. The summed E-state index contributed by atoms with van der Waals surface area (Å²) in [6, 6.07) is 17.7. The summed E-state index contributed by atoms with van der Waals surface area (Å²) < 4.78 is 5.71. The number of fused-ring (bicyclic) bond motifs is 1. The van der Waals surface area contributed by atoms with E-state index < -0.39 is 0 Å². The zero-order valence-corrected chi connectivity index (χ0v) is 20.0. The number of aliphatic imine (C=N–C) groups is 1. The van der Waals surface area contributed by atoms with Crippen LogP contribution in [0.1, 0.15) is 55.3 Å². The molecule has 0 bridgehead atoms. The fourth-order valence-electron chi connectivity index (χ4n) is 4.27. The number of guanidine groups is 1. The van der Waals surface area contributed by atoms with Crippen LogP contribution < -0.4 is 15.8 Å². The van der Waals surface area contributed by atoms with Gasteiger partial charge in [-0.15, -0.1) is 24.0 Å². The number of hydrogen-bond donors (Lipinski definition) is 2. The molecule has 0 spiro atoms. The van der Waals surface area contributed by atoms with Crippen molar-refractivity contribution in [2.45, 2.75) is 57.8 Å². The zero-order chi connectivity index (χ0) is 20.1. The highest BCUT2D eigenvalue weighted by Gasteiger charge is 2.21. The number of likely N-dealkylation sites (tertiary alicyclic amines) is 1. The van der Waals surface area contributed by atoms with Crippen molar-refractivity contribution in [1.29, 1.82) is 0 Å². The highest BCUT2D eigenvalue weighted by molar-refractivity contribution is 14.0. The predicted octanol–water partition coefficient (Wildman–Crippen LogP) is 4.61. The second-order valence-electron chi connectivity index (χ2n) is 8.21. The lowest BCUT2D eigenvalue weighted by molar-refractivity contribution is 0.152. The van der Waals surface area contributed by atoms with Gasteiger partial charge in [-0.1, -0.05) is 48.9 Å². The molecule has 30 heavy (non-hydrogen) atoms. The van der Waals surface area contributed by atoms with Crippen molar-refractivity contribution in [2.24, 2.45) is 10.7 Å². The fraction of sp³-hybridized carbons (Fsp3) is 0.458. The third-order valence-electron chi connectivity index (χ3n) is 6.06. The van der Waals surface area contributed by atoms with Crippen LogP contribution in [0.4, 0.5) is 0 Å². The van der Waals surface area contributed by atoms with E-state index in [1.807, 2.05) is 18.2 Å². The maximum Gasteiger partial charge on any atom is 0.189 e. The molecular weight excluding hydrogens is 487 g/mol. The van der Waals surface area contributed by atoms with E-state index in [1.165, 1.54) is 36.9 Å². The van der Waals surface area contributed by atoms with Gasteiger partial charge in [0.1, 0.15) is 5.75 Å². The van der Waals surface area contributed by atoms with E-state index >= 15 is 0 Å². The maximum absolute atomic E-state index is 6.17. The van der Waals surface area contributed by atoms with Crippen molar-refractivity contribution in [3.63, 3.8) is 0 Å². The number of para-hydroxylation sites is 1. The number of hydrogen-bond acceptors (Lipinski definition) is 3. The number of halogens is 1. The average molecular weight is 520 g/mol. The lowest BCUT2D eigenvalue weighted by atomic mass is 10.0. The zero-order valence-electron chi connectivity index (χ0n) is 17.7. The van der Waals surface area contributed by atoms with Gasteiger partial charge in [0.25, 0.3) is 0 Å². The van der Waals surface area contributed by atoms with E-state index in [-0.39, 0.29) is 30.0 Å². The highest BCUT2D eigenvalue weighted by Crippen LogP contribution is 2.31. The van der Waals surface area contributed by atoms with Crippen LogP contribution in [0.2, 0.25) is 0 Å². The lowest BCUT2D eigenvalue weighted by Gasteiger charge is -2.33. The van der Waals surface area contributed by atoms with Gasteiger partial charge in [-0.25, -0.2) is 4.99 Å². The minimum absolute atomic E-state index is 0. The third kappa shape index (κ3) is 5.88. The molecule has 2 atom stereocenters. The van der Waals surface area contributed by atoms with Crippen molar-refractivity contribution in [1.82, 2.24) is 10.2 Å². The maximum atomic E-state index is 6.17. The van der Waals surface area contributed by atoms with E-state index in [0.29, 0.717) is 25.2 Å². The second-order valence-corrected chi connectivity index (χ2v) is 8.21. The largest absolute Gasteiger partial charge is 0.493 e. The molecule has 2 aliphatic rings. The molecule has 0 aliphatic carbocycles. The van der Waals surface area contributed by atoms with Crippen molar-refractivity contribution in [3.05, 3.63) is 65.2 Å². The Hall–Kier alpha value is -1.80. The molecule has 2 aliphatic heterocycles. The molecule has 0 saturated carbocycles. The molecule has 0 aromatic heterocycles. The molecule has 2 aromatic rings. The van der Waals surface area contributed by atoms with E-state index in [4.69, 9.17) is 10.5 Å². The first-order chi connectivity index (χ1) is 14.2. The van der Waals surface area contributed by atoms with Gasteiger partial charge < -0.3 is 15.8 Å². The second kappa shape index (κ2) is 11.0. The van der Waals surface area contributed by atoms with Crippen LogP contribution in [0, 0.1) is 0 Å². The molecule has 6 heteroatoms. The SMILES string of the molecule is CC1CCCCN1Cc1ccc(CN=C(N)NC2CCOc3ccccc32)cc1.I. The van der Waals surface area contributed by atoms with Crippen LogP contribution in [0.5, 0.6) is 5.75 Å². The fourth-order valence-corrected chi connectivity index (χ4v) is 4.27. The molecule has 162 valence electrons. The first kappa shape index (κ1) is 22.9. The van der Waals surface area contributed by atoms with Crippen LogP contribution in [0.3, 0.4) is 0 Å². The first-order valence-electron chi connectivity index (χ1n) is 10.8. The molecule has 1 fully saturated rings. The van der Waals surface area contributed by atoms with Gasteiger partial charge in [-0.3, -0.25) is 4.90 Å². The Labute approximate surface area is 197 Å². The number of nitrogens with two attached hydrogens (primary N) is 1. The van der Waals surface area contributed by atoms with Gasteiger partial charge in [0.05, 0.1) is 19.2 Å². The third-order valence-corrected chi connectivity index (χ3v) is 6.06. The Morgan fingerprint density at radius 3 is 2.67 bits per heavy atom. The monoisotopic (exact) mass is 520 g/mol. The smallest absolute Gasteiger partial charge is 0.189 e. The Morgan fingerprint density at radius 2 is 1.87 bits per heavy atom. The number of benzene rings is 2. The lowest BCUT2D eigenvalue weighted by Crippen LogP contribution is -2.37. The van der Waals surface area contributed by atoms with Crippen molar-refractivity contribution in [2.75, 3.05) is 13.2 Å². The van der Waals surface area contributed by atoms with Crippen molar-refractivity contribution in [3.8, 4) is 5.75 Å². The van der Waals surface area contributed by atoms with E-state index in [0.717, 1.165) is 24.3 Å². The molecule has 5 nitrogen and oxygen atoms in total. The van der Waals surface area contributed by atoms with Crippen molar-refractivity contribution >= 4 is 29.9 Å². The van der Waals surface area contributed by atoms with Crippen LogP contribution >= 0.6 is 24.0 Å². The molecule has 1 saturated heterocycles. The van der Waals surface area contributed by atoms with Gasteiger partial charge in [0.2, 0.25) is 0 Å². The van der Waals surface area contributed by atoms with Crippen LogP contribution in [0.15, 0.2) is 53.5 Å². The summed E-state index contributed by atoms with van der Waals surface area (Å²) >= 11 is 0. The number of rotatable bonds is 5. The quantitative estimate of drug-likeness (QED) is 0.344. The summed E-state index contributed by atoms with van der Waals surface area (Å²) in [6.45, 7) is 5.88. The van der Waals surface area contributed by atoms with Gasteiger partial charge in [0.15, 0.2) is 5.96 Å². The van der Waals surface area contributed by atoms with Crippen molar-refractivity contribution < 1.29 is 4.74 Å². The van der Waals surface area contributed by atoms with E-state index in [1.54, 1.807) is 0 Å². The predicted molar refractivity (Wildman–Crippen MR) is 133 cm³/mol. The van der Waals surface area contributed by atoms with E-state index in [2.05, 4.69) is 52.5 Å². The van der Waals surface area contributed by atoms with Crippen LogP contribution in [-0.4, -0.2) is 30.1 Å². The summed E-state index contributed by atoms with van der Waals surface area (Å²) in [7, 11) is 0. The average Bonchev–Trinajstić information content (AvgIpc) is 2.75. The molecule has 4 rings (SSSR count). The van der Waals surface area contributed by atoms with Gasteiger partial charge in [-0.2, -0.15) is 0 Å². The Bertz CT molecular complexity index is 839. The molecular formula is C24H33IN4O. The summed E-state index contributed by atoms with van der Waals surface area (Å²) in [5.41, 5.74) is 9.87. The standard InChI is InChI=1S/C24H32N4O.HI/c1-18-6-4-5-14-28(18)17-20-11-9-19(10-12-20)16-26-24(25)27-22-13-15-29-23-8-3-2-7-21(22)23;/h2-3,7-12,18,22H,4-6,13-17H2,1H3,(H3,25,26,27);1H.